The average Bonchev–Trinajstić information content (AvgIpc) is 2.71. The van der Waals surface area contributed by atoms with Crippen molar-refractivity contribution in [3.8, 4) is 16.9 Å². The second kappa shape index (κ2) is 9.10. The van der Waals surface area contributed by atoms with Crippen molar-refractivity contribution in [3.63, 3.8) is 0 Å². The zero-order chi connectivity index (χ0) is 23.7. The summed E-state index contributed by atoms with van der Waals surface area (Å²) < 4.78 is 11.5. The molecule has 1 N–H and O–H groups in total. The Hall–Kier alpha value is -2.60. The largest absolute Gasteiger partial charge is 0.497 e. The summed E-state index contributed by atoms with van der Waals surface area (Å²) >= 11 is 0. The quantitative estimate of drug-likeness (QED) is 0.627. The zero-order valence-electron chi connectivity index (χ0n) is 20.4. The monoisotopic (exact) mass is 440 g/mol. The van der Waals surface area contributed by atoms with E-state index in [1.54, 1.807) is 7.11 Å². The summed E-state index contributed by atoms with van der Waals surface area (Å²) in [6.07, 6.45) is 2.79. The molecule has 1 aromatic carbocycles. The van der Waals surface area contributed by atoms with Gasteiger partial charge in [0.15, 0.2) is 6.10 Å². The van der Waals surface area contributed by atoms with Crippen LogP contribution in [0.1, 0.15) is 64.8 Å². The zero-order valence-corrected chi connectivity index (χ0v) is 20.4. The number of ether oxygens (including phenoxy) is 2. The van der Waals surface area contributed by atoms with E-state index in [4.69, 9.17) is 9.47 Å². The molecular weight excluding hydrogens is 404 g/mol. The van der Waals surface area contributed by atoms with Crippen LogP contribution in [0.25, 0.3) is 11.1 Å². The summed E-state index contributed by atoms with van der Waals surface area (Å²) in [5.74, 6) is -0.262. The fraction of sp³-hybridized carbons (Fsp3) is 0.538. The molecule has 2 aromatic rings. The number of piperidine rings is 1. The van der Waals surface area contributed by atoms with E-state index < -0.39 is 17.7 Å². The Morgan fingerprint density at radius 3 is 2.44 bits per heavy atom. The topological polar surface area (TPSA) is 71.9 Å². The third kappa shape index (κ3) is 5.41. The molecule has 0 unspecified atom stereocenters. The van der Waals surface area contributed by atoms with E-state index in [0.29, 0.717) is 11.3 Å². The van der Waals surface area contributed by atoms with E-state index in [1.807, 2.05) is 58.2 Å². The molecule has 1 saturated heterocycles. The van der Waals surface area contributed by atoms with Gasteiger partial charge in [0.05, 0.1) is 18.4 Å². The number of carboxylic acids is 1. The predicted molar refractivity (Wildman–Crippen MR) is 127 cm³/mol. The van der Waals surface area contributed by atoms with E-state index in [2.05, 4.69) is 23.7 Å². The number of anilines is 1. The lowest BCUT2D eigenvalue weighted by Gasteiger charge is -2.41. The Balaban J connectivity index is 2.24. The molecule has 0 amide bonds. The molecule has 0 spiro atoms. The van der Waals surface area contributed by atoms with E-state index in [1.165, 1.54) is 0 Å². The van der Waals surface area contributed by atoms with Gasteiger partial charge in [-0.25, -0.2) is 4.79 Å². The summed E-state index contributed by atoms with van der Waals surface area (Å²) in [4.78, 5) is 19.4. The number of pyridine rings is 1. The molecule has 0 radical (unpaired) electrons. The van der Waals surface area contributed by atoms with Crippen molar-refractivity contribution in [2.75, 3.05) is 25.1 Å². The van der Waals surface area contributed by atoms with Gasteiger partial charge >= 0.3 is 5.97 Å². The summed E-state index contributed by atoms with van der Waals surface area (Å²) in [6, 6.07) is 7.82. The van der Waals surface area contributed by atoms with E-state index in [0.717, 1.165) is 48.5 Å². The molecule has 6 nitrogen and oxygen atoms in total. The van der Waals surface area contributed by atoms with Gasteiger partial charge in [-0.05, 0) is 63.6 Å². The first-order chi connectivity index (χ1) is 14.9. The van der Waals surface area contributed by atoms with Crippen LogP contribution in [-0.4, -0.2) is 41.9 Å². The summed E-state index contributed by atoms with van der Waals surface area (Å²) in [6.45, 7) is 13.8. The van der Waals surface area contributed by atoms with Crippen LogP contribution in [0.5, 0.6) is 5.75 Å². The van der Waals surface area contributed by atoms with Gasteiger partial charge in [0.1, 0.15) is 5.75 Å². The lowest BCUT2D eigenvalue weighted by atomic mass is 9.82. The first kappa shape index (κ1) is 24.1. The maximum absolute atomic E-state index is 12.4. The summed E-state index contributed by atoms with van der Waals surface area (Å²) in [5.41, 5.74) is 3.69. The number of aromatic nitrogens is 1. The molecule has 1 fully saturated rings. The number of carbonyl (C=O) groups is 1. The molecule has 2 heterocycles. The molecule has 1 aliphatic rings. The molecule has 3 rings (SSSR count). The highest BCUT2D eigenvalue weighted by Gasteiger charge is 2.35. The van der Waals surface area contributed by atoms with Gasteiger partial charge in [-0.15, -0.1) is 0 Å². The first-order valence-electron chi connectivity index (χ1n) is 11.2. The Morgan fingerprint density at radius 2 is 1.88 bits per heavy atom. The third-order valence-corrected chi connectivity index (χ3v) is 6.06. The van der Waals surface area contributed by atoms with Gasteiger partial charge in [0, 0.05) is 36.1 Å². The normalized spacial score (nSPS) is 17.2. The minimum Gasteiger partial charge on any atom is -0.497 e. The summed E-state index contributed by atoms with van der Waals surface area (Å²) in [7, 11) is 1.64. The minimum atomic E-state index is -1.11. The second-order valence-corrected chi connectivity index (χ2v) is 10.4. The van der Waals surface area contributed by atoms with Crippen molar-refractivity contribution < 1.29 is 19.4 Å². The SMILES string of the molecule is COc1cccc(-c2cnc(C)c([C@H](OC(C)(C)C)C(=O)O)c2N2CCC(C)(C)CC2)c1. The van der Waals surface area contributed by atoms with Crippen molar-refractivity contribution in [1.82, 2.24) is 4.98 Å². The molecule has 1 aliphatic heterocycles. The van der Waals surface area contributed by atoms with Crippen LogP contribution in [0.15, 0.2) is 30.5 Å². The van der Waals surface area contributed by atoms with Crippen LogP contribution in [0, 0.1) is 12.3 Å². The third-order valence-electron chi connectivity index (χ3n) is 6.06. The standard InChI is InChI=1S/C26H36N2O4/c1-17-21(23(24(29)30)32-25(2,3)4)22(28-13-11-26(5,6)12-14-28)20(16-27-17)18-9-8-10-19(15-18)31-7/h8-10,15-16,23H,11-14H2,1-7H3,(H,29,30)/t23-/m0/s1. The van der Waals surface area contributed by atoms with Crippen LogP contribution >= 0.6 is 0 Å². The number of benzene rings is 1. The van der Waals surface area contributed by atoms with Crippen LogP contribution in [0.2, 0.25) is 0 Å². The minimum absolute atomic E-state index is 0.267. The number of methoxy groups -OCH3 is 1. The first-order valence-corrected chi connectivity index (χ1v) is 11.2. The average molecular weight is 441 g/mol. The van der Waals surface area contributed by atoms with Gasteiger partial charge in [-0.1, -0.05) is 26.0 Å². The Labute approximate surface area is 191 Å². The maximum Gasteiger partial charge on any atom is 0.337 e. The van der Waals surface area contributed by atoms with Crippen molar-refractivity contribution in [1.29, 1.82) is 0 Å². The molecule has 1 aromatic heterocycles. The molecule has 0 saturated carbocycles. The van der Waals surface area contributed by atoms with Crippen molar-refractivity contribution in [2.45, 2.75) is 66.1 Å². The molecule has 32 heavy (non-hydrogen) atoms. The van der Waals surface area contributed by atoms with Gasteiger partial charge in [0.2, 0.25) is 0 Å². The van der Waals surface area contributed by atoms with Gasteiger partial charge < -0.3 is 19.5 Å². The Morgan fingerprint density at radius 1 is 1.22 bits per heavy atom. The predicted octanol–water partition coefficient (Wildman–Crippen LogP) is 5.63. The molecule has 0 bridgehead atoms. The molecular formula is C26H36N2O4. The number of rotatable bonds is 6. The Kier molecular flexibility index (Phi) is 6.84. The van der Waals surface area contributed by atoms with E-state index in [-0.39, 0.29) is 5.41 Å². The highest BCUT2D eigenvalue weighted by Crippen LogP contribution is 2.43. The number of aliphatic carboxylic acids is 1. The fourth-order valence-corrected chi connectivity index (χ4v) is 4.19. The molecule has 174 valence electrons. The number of nitrogens with zero attached hydrogens (tertiary/aromatic N) is 2. The van der Waals surface area contributed by atoms with E-state index in [9.17, 15) is 9.90 Å². The van der Waals surface area contributed by atoms with Gasteiger partial charge in [-0.3, -0.25) is 4.98 Å². The number of carboxylic acid groups (broad SMARTS) is 1. The lowest BCUT2D eigenvalue weighted by molar-refractivity contribution is -0.160. The smallest absolute Gasteiger partial charge is 0.337 e. The van der Waals surface area contributed by atoms with Crippen molar-refractivity contribution in [3.05, 3.63) is 41.7 Å². The molecule has 1 atom stereocenters. The lowest BCUT2D eigenvalue weighted by Crippen LogP contribution is -2.39. The van der Waals surface area contributed by atoms with Crippen LogP contribution in [-0.2, 0) is 9.53 Å². The van der Waals surface area contributed by atoms with Crippen molar-refractivity contribution >= 4 is 11.7 Å². The Bertz CT molecular complexity index is 968. The second-order valence-electron chi connectivity index (χ2n) is 10.4. The van der Waals surface area contributed by atoms with Crippen LogP contribution in [0.4, 0.5) is 5.69 Å². The van der Waals surface area contributed by atoms with Crippen LogP contribution < -0.4 is 9.64 Å². The molecule has 0 aliphatic carbocycles. The maximum atomic E-state index is 12.4. The number of aryl methyl sites for hydroxylation is 1. The van der Waals surface area contributed by atoms with Gasteiger partial charge in [0.25, 0.3) is 0 Å². The van der Waals surface area contributed by atoms with E-state index >= 15 is 0 Å². The van der Waals surface area contributed by atoms with Crippen molar-refractivity contribution in [2.24, 2.45) is 5.41 Å². The summed E-state index contributed by atoms with van der Waals surface area (Å²) in [5, 5.41) is 10.2. The van der Waals surface area contributed by atoms with Crippen LogP contribution in [0.3, 0.4) is 0 Å². The number of hydrogen-bond acceptors (Lipinski definition) is 5. The fourth-order valence-electron chi connectivity index (χ4n) is 4.19. The molecule has 6 heteroatoms. The highest BCUT2D eigenvalue weighted by atomic mass is 16.5. The number of hydrogen-bond donors (Lipinski definition) is 1. The highest BCUT2D eigenvalue weighted by molar-refractivity contribution is 5.86. The van der Waals surface area contributed by atoms with Gasteiger partial charge in [-0.2, -0.15) is 0 Å².